The fourth-order valence-corrected chi connectivity index (χ4v) is 2.21. The van der Waals surface area contributed by atoms with Gasteiger partial charge in [0.2, 0.25) is 0 Å². The summed E-state index contributed by atoms with van der Waals surface area (Å²) < 4.78 is 11.0. The summed E-state index contributed by atoms with van der Waals surface area (Å²) >= 11 is 0. The van der Waals surface area contributed by atoms with Crippen LogP contribution in [0.25, 0.3) is 0 Å². The lowest BCUT2D eigenvalue weighted by atomic mass is 10.1. The maximum atomic E-state index is 5.68. The van der Waals surface area contributed by atoms with Gasteiger partial charge in [0.15, 0.2) is 5.96 Å². The zero-order valence-corrected chi connectivity index (χ0v) is 15.0. The Morgan fingerprint density at radius 3 is 3.00 bits per heavy atom. The van der Waals surface area contributed by atoms with Gasteiger partial charge in [-0.25, -0.2) is 0 Å². The van der Waals surface area contributed by atoms with Gasteiger partial charge >= 0.3 is 0 Å². The van der Waals surface area contributed by atoms with E-state index in [1.54, 1.807) is 6.26 Å². The van der Waals surface area contributed by atoms with Crippen LogP contribution in [-0.2, 0) is 11.2 Å². The Bertz CT molecular complexity index is 462. The maximum absolute atomic E-state index is 5.68. The highest BCUT2D eigenvalue weighted by Gasteiger charge is 2.13. The van der Waals surface area contributed by atoms with E-state index in [2.05, 4.69) is 21.5 Å². The molecule has 1 aliphatic heterocycles. The van der Waals surface area contributed by atoms with E-state index in [9.17, 15) is 0 Å². The number of hydrogen-bond donors (Lipinski definition) is 2. The normalized spacial score (nSPS) is 18.1. The van der Waals surface area contributed by atoms with Crippen molar-refractivity contribution in [3.05, 3.63) is 24.2 Å². The third-order valence-corrected chi connectivity index (χ3v) is 3.33. The van der Waals surface area contributed by atoms with Crippen LogP contribution < -0.4 is 10.6 Å². The zero-order chi connectivity index (χ0) is 14.8. The van der Waals surface area contributed by atoms with E-state index in [0.717, 1.165) is 44.1 Å². The molecule has 0 spiro atoms. The molecule has 0 aliphatic carbocycles. The topological polar surface area (TPSA) is 58.8 Å². The van der Waals surface area contributed by atoms with E-state index in [-0.39, 0.29) is 30.1 Å². The first kappa shape index (κ1) is 18.8. The second kappa shape index (κ2) is 11.4. The van der Waals surface area contributed by atoms with Gasteiger partial charge in [0, 0.05) is 19.6 Å². The van der Waals surface area contributed by atoms with Crippen LogP contribution in [0.1, 0.15) is 25.0 Å². The molecule has 1 saturated heterocycles. The number of nitrogens with zero attached hydrogens (tertiary/aromatic N) is 1. The quantitative estimate of drug-likeness (QED) is 0.323. The average molecular weight is 417 g/mol. The molecule has 5 nitrogen and oxygen atoms in total. The summed E-state index contributed by atoms with van der Waals surface area (Å²) in [7, 11) is 0. The van der Waals surface area contributed by atoms with Gasteiger partial charge < -0.3 is 19.8 Å². The first-order chi connectivity index (χ1) is 10.4. The number of ether oxygens (including phenoxy) is 1. The molecule has 0 saturated carbocycles. The third kappa shape index (κ3) is 7.18. The molecule has 0 amide bonds. The molecule has 22 heavy (non-hydrogen) atoms. The number of rotatable bonds is 6. The summed E-state index contributed by atoms with van der Waals surface area (Å²) in [5, 5.41) is 6.37. The summed E-state index contributed by atoms with van der Waals surface area (Å²) in [5.41, 5.74) is 0. The summed E-state index contributed by atoms with van der Waals surface area (Å²) in [6, 6.07) is 3.85. The molecular weight excluding hydrogens is 393 g/mol. The summed E-state index contributed by atoms with van der Waals surface area (Å²) in [6.45, 7) is 2.72. The van der Waals surface area contributed by atoms with E-state index in [1.165, 1.54) is 6.42 Å². The number of terminal acetylenes is 1. The predicted molar refractivity (Wildman–Crippen MR) is 98.6 cm³/mol. The SMILES string of the molecule is C#CCNC(=NCC1CCCCO1)NCCc1ccco1.I. The minimum absolute atomic E-state index is 0. The monoisotopic (exact) mass is 417 g/mol. The summed E-state index contributed by atoms with van der Waals surface area (Å²) in [4.78, 5) is 4.55. The molecule has 2 rings (SSSR count). The molecule has 1 aliphatic rings. The maximum Gasteiger partial charge on any atom is 0.192 e. The molecule has 1 atom stereocenters. The zero-order valence-electron chi connectivity index (χ0n) is 12.7. The van der Waals surface area contributed by atoms with Crippen molar-refractivity contribution >= 4 is 29.9 Å². The van der Waals surface area contributed by atoms with Crippen molar-refractivity contribution in [3.8, 4) is 12.3 Å². The van der Waals surface area contributed by atoms with E-state index >= 15 is 0 Å². The molecule has 1 fully saturated rings. The molecule has 0 aromatic carbocycles. The molecule has 0 radical (unpaired) electrons. The Balaban J connectivity index is 0.00000242. The molecule has 1 aromatic rings. The van der Waals surface area contributed by atoms with Crippen LogP contribution in [0, 0.1) is 12.3 Å². The van der Waals surface area contributed by atoms with Gasteiger partial charge in [0.1, 0.15) is 5.76 Å². The van der Waals surface area contributed by atoms with Crippen molar-refractivity contribution < 1.29 is 9.15 Å². The Hall–Kier alpha value is -1.20. The molecule has 2 N–H and O–H groups in total. The van der Waals surface area contributed by atoms with E-state index in [4.69, 9.17) is 15.6 Å². The number of aliphatic imine (C=N–C) groups is 1. The van der Waals surface area contributed by atoms with Gasteiger partial charge in [0.25, 0.3) is 0 Å². The summed E-state index contributed by atoms with van der Waals surface area (Å²) in [6.07, 6.45) is 11.5. The Morgan fingerprint density at radius 2 is 2.32 bits per heavy atom. The van der Waals surface area contributed by atoms with Crippen molar-refractivity contribution in [3.63, 3.8) is 0 Å². The van der Waals surface area contributed by atoms with Crippen LogP contribution in [0.3, 0.4) is 0 Å². The standard InChI is InChI=1S/C16H23N3O2.HI/c1-2-9-17-16(18-10-8-14-7-5-12-20-14)19-13-15-6-3-4-11-21-15;/h1,5,7,12,15H,3-4,6,8-11,13H2,(H2,17,18,19);1H. The van der Waals surface area contributed by atoms with Crippen molar-refractivity contribution in [1.29, 1.82) is 0 Å². The van der Waals surface area contributed by atoms with Gasteiger partial charge in [-0.05, 0) is 31.4 Å². The van der Waals surface area contributed by atoms with Crippen molar-refractivity contribution in [2.75, 3.05) is 26.2 Å². The molecule has 2 heterocycles. The Kier molecular flexibility index (Phi) is 9.75. The number of halogens is 1. The van der Waals surface area contributed by atoms with Crippen LogP contribution in [0.4, 0.5) is 0 Å². The van der Waals surface area contributed by atoms with Crippen LogP contribution >= 0.6 is 24.0 Å². The van der Waals surface area contributed by atoms with Crippen LogP contribution in [0.15, 0.2) is 27.8 Å². The van der Waals surface area contributed by atoms with Crippen LogP contribution in [0.2, 0.25) is 0 Å². The van der Waals surface area contributed by atoms with Gasteiger partial charge in [-0.2, -0.15) is 0 Å². The number of furan rings is 1. The minimum Gasteiger partial charge on any atom is -0.469 e. The first-order valence-corrected chi connectivity index (χ1v) is 7.48. The molecule has 6 heteroatoms. The van der Waals surface area contributed by atoms with Gasteiger partial charge in [-0.1, -0.05) is 5.92 Å². The van der Waals surface area contributed by atoms with E-state index < -0.39 is 0 Å². The lowest BCUT2D eigenvalue weighted by molar-refractivity contribution is 0.0224. The van der Waals surface area contributed by atoms with Crippen molar-refractivity contribution in [2.45, 2.75) is 31.8 Å². The van der Waals surface area contributed by atoms with Gasteiger partial charge in [-0.15, -0.1) is 30.4 Å². The minimum atomic E-state index is 0. The van der Waals surface area contributed by atoms with Crippen LogP contribution in [-0.4, -0.2) is 38.3 Å². The number of hydrogen-bond acceptors (Lipinski definition) is 3. The lowest BCUT2D eigenvalue weighted by Gasteiger charge is -2.21. The highest BCUT2D eigenvalue weighted by Crippen LogP contribution is 2.12. The van der Waals surface area contributed by atoms with Crippen molar-refractivity contribution in [2.24, 2.45) is 4.99 Å². The molecular formula is C16H24IN3O2. The van der Waals surface area contributed by atoms with Gasteiger partial charge in [0.05, 0.1) is 25.5 Å². The first-order valence-electron chi connectivity index (χ1n) is 7.48. The second-order valence-corrected chi connectivity index (χ2v) is 4.99. The average Bonchev–Trinajstić information content (AvgIpc) is 3.04. The predicted octanol–water partition coefficient (Wildman–Crippen LogP) is 2.18. The fraction of sp³-hybridized carbons (Fsp3) is 0.562. The number of nitrogens with one attached hydrogen (secondary N) is 2. The highest BCUT2D eigenvalue weighted by molar-refractivity contribution is 14.0. The molecule has 1 aromatic heterocycles. The van der Waals surface area contributed by atoms with E-state index in [0.29, 0.717) is 13.1 Å². The Labute approximate surface area is 149 Å². The van der Waals surface area contributed by atoms with Crippen molar-refractivity contribution in [1.82, 2.24) is 10.6 Å². The highest BCUT2D eigenvalue weighted by atomic mass is 127. The largest absolute Gasteiger partial charge is 0.469 e. The fourth-order valence-electron chi connectivity index (χ4n) is 2.21. The second-order valence-electron chi connectivity index (χ2n) is 4.99. The van der Waals surface area contributed by atoms with Crippen LogP contribution in [0.5, 0.6) is 0 Å². The molecule has 0 bridgehead atoms. The number of guanidine groups is 1. The molecule has 1 unspecified atom stereocenters. The van der Waals surface area contributed by atoms with E-state index in [1.807, 2.05) is 12.1 Å². The lowest BCUT2D eigenvalue weighted by Crippen LogP contribution is -2.39. The smallest absolute Gasteiger partial charge is 0.192 e. The van der Waals surface area contributed by atoms with Gasteiger partial charge in [-0.3, -0.25) is 4.99 Å². The summed E-state index contributed by atoms with van der Waals surface area (Å²) in [5.74, 6) is 4.24. The third-order valence-electron chi connectivity index (χ3n) is 3.33. The Morgan fingerprint density at radius 1 is 1.41 bits per heavy atom. The molecule has 122 valence electrons.